The first-order valence-corrected chi connectivity index (χ1v) is 11.9. The molecule has 3 N–H and O–H groups in total. The van der Waals surface area contributed by atoms with E-state index in [1.54, 1.807) is 5.57 Å². The number of nitrogens with two attached hydrogens (primary N) is 1. The Balaban J connectivity index is 1.63. The monoisotopic (exact) mass is 392 g/mol. The zero-order chi connectivity index (χ0) is 20.4. The van der Waals surface area contributed by atoms with Gasteiger partial charge in [0.2, 0.25) is 0 Å². The predicted octanol–water partition coefficient (Wildman–Crippen LogP) is 5.96. The zero-order valence-corrected chi connectivity index (χ0v) is 18.6. The van der Waals surface area contributed by atoms with E-state index in [1.807, 2.05) is 0 Å². The highest BCUT2D eigenvalue weighted by Gasteiger charge is 2.42. The average Bonchev–Trinajstić information content (AvgIpc) is 2.73. The standard InChI is InChI=1S/C27H40N2/c1-19-15-16-27(3,26(17-19)29-25-12-8-7-9-20(25)2)22-13-14-24(28)23(18-22)21-10-5-4-6-11-21/h4-6,10-11,15-16,18-20,23-26,29H,7-9,12-14,17,28H2,1-3H3. The molecule has 3 aliphatic rings. The molecule has 1 fully saturated rings. The van der Waals surface area contributed by atoms with E-state index in [4.69, 9.17) is 5.73 Å². The lowest BCUT2D eigenvalue weighted by atomic mass is 9.64. The number of benzene rings is 1. The molecule has 0 saturated heterocycles. The summed E-state index contributed by atoms with van der Waals surface area (Å²) in [6.07, 6.45) is 16.4. The van der Waals surface area contributed by atoms with Gasteiger partial charge in [-0.25, -0.2) is 0 Å². The van der Waals surface area contributed by atoms with Crippen molar-refractivity contribution >= 4 is 0 Å². The van der Waals surface area contributed by atoms with Crippen molar-refractivity contribution in [2.45, 2.75) is 89.8 Å². The number of allylic oxidation sites excluding steroid dienone is 1. The van der Waals surface area contributed by atoms with Crippen molar-refractivity contribution in [2.75, 3.05) is 0 Å². The van der Waals surface area contributed by atoms with E-state index in [2.05, 4.69) is 74.6 Å². The molecule has 2 heteroatoms. The Morgan fingerprint density at radius 3 is 2.55 bits per heavy atom. The maximum Gasteiger partial charge on any atom is 0.0217 e. The van der Waals surface area contributed by atoms with Crippen molar-refractivity contribution in [3.63, 3.8) is 0 Å². The van der Waals surface area contributed by atoms with Gasteiger partial charge in [-0.3, -0.25) is 0 Å². The summed E-state index contributed by atoms with van der Waals surface area (Å²) in [4.78, 5) is 0. The Labute approximate surface area is 178 Å². The lowest BCUT2D eigenvalue weighted by Gasteiger charge is -2.47. The van der Waals surface area contributed by atoms with Crippen LogP contribution in [0.15, 0.2) is 54.1 Å². The molecule has 0 radical (unpaired) electrons. The minimum atomic E-state index is 0.0941. The van der Waals surface area contributed by atoms with Gasteiger partial charge in [0.05, 0.1) is 0 Å². The molecule has 0 spiro atoms. The SMILES string of the molecule is CC1C=CC(C)(C2=CC(c3ccccc3)C(N)CC2)C(NC2CCCCC2C)C1. The van der Waals surface area contributed by atoms with Crippen LogP contribution in [0, 0.1) is 17.3 Å². The van der Waals surface area contributed by atoms with Gasteiger partial charge in [0, 0.05) is 29.5 Å². The summed E-state index contributed by atoms with van der Waals surface area (Å²) in [6, 6.07) is 12.3. The fourth-order valence-electron chi connectivity index (χ4n) is 5.96. The van der Waals surface area contributed by atoms with Gasteiger partial charge in [-0.1, -0.05) is 87.7 Å². The van der Waals surface area contributed by atoms with Crippen LogP contribution in [0.1, 0.15) is 77.2 Å². The fourth-order valence-corrected chi connectivity index (χ4v) is 5.96. The van der Waals surface area contributed by atoms with Crippen molar-refractivity contribution in [3.8, 4) is 0 Å². The summed E-state index contributed by atoms with van der Waals surface area (Å²) in [5.74, 6) is 1.77. The first-order chi connectivity index (χ1) is 14.0. The quantitative estimate of drug-likeness (QED) is 0.621. The van der Waals surface area contributed by atoms with E-state index in [0.29, 0.717) is 23.9 Å². The summed E-state index contributed by atoms with van der Waals surface area (Å²) < 4.78 is 0. The minimum Gasteiger partial charge on any atom is -0.327 e. The van der Waals surface area contributed by atoms with Gasteiger partial charge in [-0.15, -0.1) is 0 Å². The maximum atomic E-state index is 6.59. The molecule has 29 heavy (non-hydrogen) atoms. The third-order valence-corrected chi connectivity index (χ3v) is 8.09. The third kappa shape index (κ3) is 4.39. The van der Waals surface area contributed by atoms with E-state index in [-0.39, 0.29) is 11.5 Å². The number of rotatable bonds is 4. The average molecular weight is 393 g/mol. The second-order valence-electron chi connectivity index (χ2n) is 10.3. The summed E-state index contributed by atoms with van der Waals surface area (Å²) in [5, 5.41) is 4.17. The molecule has 0 heterocycles. The van der Waals surface area contributed by atoms with Crippen LogP contribution in [-0.2, 0) is 0 Å². The Morgan fingerprint density at radius 2 is 1.79 bits per heavy atom. The zero-order valence-electron chi connectivity index (χ0n) is 18.6. The molecule has 2 nitrogen and oxygen atoms in total. The smallest absolute Gasteiger partial charge is 0.0217 e. The van der Waals surface area contributed by atoms with Crippen molar-refractivity contribution < 1.29 is 0 Å². The highest BCUT2D eigenvalue weighted by Crippen LogP contribution is 2.46. The molecule has 158 valence electrons. The van der Waals surface area contributed by atoms with Crippen molar-refractivity contribution in [1.29, 1.82) is 0 Å². The second kappa shape index (κ2) is 8.78. The van der Waals surface area contributed by atoms with Gasteiger partial charge in [0.15, 0.2) is 0 Å². The number of hydrogen-bond acceptors (Lipinski definition) is 2. The number of hydrogen-bond donors (Lipinski definition) is 2. The third-order valence-electron chi connectivity index (χ3n) is 8.09. The lowest BCUT2D eigenvalue weighted by molar-refractivity contribution is 0.189. The molecule has 7 unspecified atom stereocenters. The first-order valence-electron chi connectivity index (χ1n) is 11.9. The van der Waals surface area contributed by atoms with Crippen LogP contribution in [0.25, 0.3) is 0 Å². The molecule has 3 aliphatic carbocycles. The lowest BCUT2D eigenvalue weighted by Crippen LogP contribution is -2.53. The molecular formula is C27H40N2. The van der Waals surface area contributed by atoms with Crippen molar-refractivity contribution in [3.05, 3.63) is 59.7 Å². The molecule has 0 aromatic heterocycles. The first kappa shape index (κ1) is 20.9. The van der Waals surface area contributed by atoms with Gasteiger partial charge >= 0.3 is 0 Å². The highest BCUT2D eigenvalue weighted by molar-refractivity contribution is 5.36. The molecular weight excluding hydrogens is 352 g/mol. The van der Waals surface area contributed by atoms with Crippen LogP contribution in [0.5, 0.6) is 0 Å². The van der Waals surface area contributed by atoms with E-state index in [0.717, 1.165) is 18.8 Å². The second-order valence-corrected chi connectivity index (χ2v) is 10.3. The summed E-state index contributed by atoms with van der Waals surface area (Å²) in [5.41, 5.74) is 9.64. The molecule has 4 rings (SSSR count). The highest BCUT2D eigenvalue weighted by atomic mass is 15.0. The number of nitrogens with one attached hydrogen (secondary N) is 1. The van der Waals surface area contributed by atoms with Crippen molar-refractivity contribution in [2.24, 2.45) is 23.0 Å². The van der Waals surface area contributed by atoms with E-state index < -0.39 is 0 Å². The van der Waals surface area contributed by atoms with Crippen LogP contribution in [0.2, 0.25) is 0 Å². The molecule has 1 aromatic rings. The summed E-state index contributed by atoms with van der Waals surface area (Å²) >= 11 is 0. The van der Waals surface area contributed by atoms with E-state index >= 15 is 0 Å². The Morgan fingerprint density at radius 1 is 1.03 bits per heavy atom. The van der Waals surface area contributed by atoms with Crippen LogP contribution in [0.3, 0.4) is 0 Å². The van der Waals surface area contributed by atoms with Crippen molar-refractivity contribution in [1.82, 2.24) is 5.32 Å². The summed E-state index contributed by atoms with van der Waals surface area (Å²) in [7, 11) is 0. The van der Waals surface area contributed by atoms with Gasteiger partial charge < -0.3 is 11.1 Å². The molecule has 1 aromatic carbocycles. The fraction of sp³-hybridized carbons (Fsp3) is 0.630. The Kier molecular flexibility index (Phi) is 6.32. The maximum absolute atomic E-state index is 6.59. The van der Waals surface area contributed by atoms with Crippen LogP contribution >= 0.6 is 0 Å². The van der Waals surface area contributed by atoms with Gasteiger partial charge in [0.25, 0.3) is 0 Å². The molecule has 0 bridgehead atoms. The van der Waals surface area contributed by atoms with Gasteiger partial charge in [-0.05, 0) is 49.5 Å². The minimum absolute atomic E-state index is 0.0941. The van der Waals surface area contributed by atoms with Crippen LogP contribution in [0.4, 0.5) is 0 Å². The largest absolute Gasteiger partial charge is 0.327 e. The molecule has 1 saturated carbocycles. The normalized spacial score (nSPS) is 40.5. The van der Waals surface area contributed by atoms with E-state index in [1.165, 1.54) is 37.7 Å². The Hall–Kier alpha value is -1.38. The summed E-state index contributed by atoms with van der Waals surface area (Å²) in [6.45, 7) is 7.29. The molecule has 7 atom stereocenters. The molecule has 0 amide bonds. The van der Waals surface area contributed by atoms with Gasteiger partial charge in [-0.2, -0.15) is 0 Å². The van der Waals surface area contributed by atoms with Crippen LogP contribution in [-0.4, -0.2) is 18.1 Å². The van der Waals surface area contributed by atoms with Crippen LogP contribution < -0.4 is 11.1 Å². The Bertz CT molecular complexity index is 736. The van der Waals surface area contributed by atoms with E-state index in [9.17, 15) is 0 Å². The van der Waals surface area contributed by atoms with Gasteiger partial charge in [0.1, 0.15) is 0 Å². The predicted molar refractivity (Wildman–Crippen MR) is 124 cm³/mol. The molecule has 0 aliphatic heterocycles. The topological polar surface area (TPSA) is 38.0 Å².